The van der Waals surface area contributed by atoms with Crippen LogP contribution in [0.4, 0.5) is 0 Å². The first-order valence-corrected chi connectivity index (χ1v) is 6.67. The molecule has 0 bridgehead atoms. The van der Waals surface area contributed by atoms with Gasteiger partial charge in [-0.1, -0.05) is 6.08 Å². The van der Waals surface area contributed by atoms with Crippen LogP contribution in [0.15, 0.2) is 24.5 Å². The van der Waals surface area contributed by atoms with Gasteiger partial charge in [0.15, 0.2) is 0 Å². The molecule has 2 atom stereocenters. The van der Waals surface area contributed by atoms with Gasteiger partial charge in [-0.15, -0.1) is 0 Å². The van der Waals surface area contributed by atoms with Gasteiger partial charge in [0.1, 0.15) is 6.07 Å². The highest BCUT2D eigenvalue weighted by Crippen LogP contribution is 2.35. The molecule has 2 aliphatic rings. The smallest absolute Gasteiger partial charge is 0.101 e. The molecule has 0 unspecified atom stereocenters. The number of nitrogens with one attached hydrogen (secondary N) is 1. The van der Waals surface area contributed by atoms with Crippen LogP contribution >= 0.6 is 0 Å². The number of nitrogens with zero attached hydrogens (tertiary/aromatic N) is 2. The second-order valence-electron chi connectivity index (χ2n) is 5.15. The van der Waals surface area contributed by atoms with Gasteiger partial charge in [-0.25, -0.2) is 0 Å². The Morgan fingerprint density at radius 3 is 3.17 bits per heavy atom. The van der Waals surface area contributed by atoms with Crippen molar-refractivity contribution >= 4 is 5.57 Å². The maximum Gasteiger partial charge on any atom is 0.101 e. The first kappa shape index (κ1) is 11.4. The molecule has 0 spiro atoms. The van der Waals surface area contributed by atoms with Crippen LogP contribution in [0.2, 0.25) is 0 Å². The summed E-state index contributed by atoms with van der Waals surface area (Å²) in [5.74, 6) is 0.754. The molecule has 2 heterocycles. The summed E-state index contributed by atoms with van der Waals surface area (Å²) in [4.78, 5) is 4.18. The van der Waals surface area contributed by atoms with Crippen molar-refractivity contribution < 1.29 is 0 Å². The summed E-state index contributed by atoms with van der Waals surface area (Å²) in [5, 5.41) is 12.6. The lowest BCUT2D eigenvalue weighted by molar-refractivity contribution is 0.304. The minimum absolute atomic E-state index is 0.461. The standard InChI is InChI=1S/C15H17N3/c16-8-11-7-13(10-17-9-11)14-5-1-3-12-4-2-6-18-15(12)14/h5,7,9-10,12,15,18H,1-4,6H2/t12-,15+/m0/s1. The van der Waals surface area contributed by atoms with Gasteiger partial charge in [0.2, 0.25) is 0 Å². The van der Waals surface area contributed by atoms with Crippen LogP contribution in [-0.2, 0) is 0 Å². The molecule has 1 fully saturated rings. The zero-order valence-corrected chi connectivity index (χ0v) is 10.4. The average Bonchev–Trinajstić information content (AvgIpc) is 2.47. The normalized spacial score (nSPS) is 26.9. The third-order valence-corrected chi connectivity index (χ3v) is 4.02. The van der Waals surface area contributed by atoms with E-state index >= 15 is 0 Å². The highest BCUT2D eigenvalue weighted by molar-refractivity contribution is 5.71. The van der Waals surface area contributed by atoms with E-state index in [9.17, 15) is 0 Å². The molecule has 18 heavy (non-hydrogen) atoms. The van der Waals surface area contributed by atoms with Gasteiger partial charge in [0.25, 0.3) is 0 Å². The largest absolute Gasteiger partial charge is 0.310 e. The third kappa shape index (κ3) is 2.04. The van der Waals surface area contributed by atoms with E-state index in [0.717, 1.165) is 24.4 Å². The fraction of sp³-hybridized carbons (Fsp3) is 0.467. The Labute approximate surface area is 108 Å². The molecular formula is C15H17N3. The molecule has 0 radical (unpaired) electrons. The van der Waals surface area contributed by atoms with Crippen molar-refractivity contribution in [2.75, 3.05) is 6.54 Å². The van der Waals surface area contributed by atoms with Crippen molar-refractivity contribution in [2.24, 2.45) is 5.92 Å². The molecule has 0 amide bonds. The number of fused-ring (bicyclic) bond motifs is 1. The molecule has 1 aliphatic carbocycles. The monoisotopic (exact) mass is 239 g/mol. The molecule has 92 valence electrons. The fourth-order valence-corrected chi connectivity index (χ4v) is 3.17. The average molecular weight is 239 g/mol. The van der Waals surface area contributed by atoms with Gasteiger partial charge < -0.3 is 5.32 Å². The molecule has 0 aromatic carbocycles. The number of allylic oxidation sites excluding steroid dienone is 1. The number of piperidine rings is 1. The van der Waals surface area contributed by atoms with Gasteiger partial charge in [-0.05, 0) is 55.3 Å². The van der Waals surface area contributed by atoms with Crippen molar-refractivity contribution in [3.8, 4) is 6.07 Å². The van der Waals surface area contributed by atoms with Gasteiger partial charge in [0.05, 0.1) is 5.56 Å². The first-order chi connectivity index (χ1) is 8.88. The van der Waals surface area contributed by atoms with Crippen molar-refractivity contribution in [3.63, 3.8) is 0 Å². The molecule has 3 rings (SSSR count). The van der Waals surface area contributed by atoms with Crippen molar-refractivity contribution in [1.29, 1.82) is 5.26 Å². The fourth-order valence-electron chi connectivity index (χ4n) is 3.17. The quantitative estimate of drug-likeness (QED) is 0.819. The summed E-state index contributed by atoms with van der Waals surface area (Å²) in [6, 6.07) is 4.59. The maximum absolute atomic E-state index is 8.97. The van der Waals surface area contributed by atoms with E-state index in [1.54, 1.807) is 6.20 Å². The summed E-state index contributed by atoms with van der Waals surface area (Å²) in [7, 11) is 0. The topological polar surface area (TPSA) is 48.7 Å². The summed E-state index contributed by atoms with van der Waals surface area (Å²) in [5.41, 5.74) is 3.10. The Bertz CT molecular complexity index is 513. The Balaban J connectivity index is 1.94. The number of hydrogen-bond acceptors (Lipinski definition) is 3. The Morgan fingerprint density at radius 1 is 1.33 bits per heavy atom. The molecule has 1 aromatic rings. The summed E-state index contributed by atoms with van der Waals surface area (Å²) in [6.45, 7) is 1.10. The molecule has 3 nitrogen and oxygen atoms in total. The lowest BCUT2D eigenvalue weighted by atomic mass is 9.77. The number of rotatable bonds is 1. The van der Waals surface area contributed by atoms with Gasteiger partial charge >= 0.3 is 0 Å². The molecule has 3 heteroatoms. The van der Waals surface area contributed by atoms with Crippen LogP contribution in [0, 0.1) is 17.2 Å². The second kappa shape index (κ2) is 4.91. The maximum atomic E-state index is 8.97. The van der Waals surface area contributed by atoms with Crippen molar-refractivity contribution in [2.45, 2.75) is 31.7 Å². The number of pyridine rings is 1. The summed E-state index contributed by atoms with van der Waals surface area (Å²) >= 11 is 0. The molecule has 1 N–H and O–H groups in total. The lowest BCUT2D eigenvalue weighted by Crippen LogP contribution is -2.43. The van der Waals surface area contributed by atoms with E-state index in [2.05, 4.69) is 22.4 Å². The Hall–Kier alpha value is -1.66. The van der Waals surface area contributed by atoms with E-state index in [0.29, 0.717) is 11.6 Å². The minimum Gasteiger partial charge on any atom is -0.310 e. The lowest BCUT2D eigenvalue weighted by Gasteiger charge is -2.37. The number of aromatic nitrogens is 1. The predicted octanol–water partition coefficient (Wildman–Crippen LogP) is 2.50. The van der Waals surface area contributed by atoms with Gasteiger partial charge in [-0.3, -0.25) is 4.98 Å². The molecule has 1 aliphatic heterocycles. The van der Waals surface area contributed by atoms with Gasteiger partial charge in [-0.2, -0.15) is 5.26 Å². The van der Waals surface area contributed by atoms with Crippen LogP contribution in [0.25, 0.3) is 5.57 Å². The highest BCUT2D eigenvalue weighted by atomic mass is 14.9. The zero-order valence-electron chi connectivity index (χ0n) is 10.4. The first-order valence-electron chi connectivity index (χ1n) is 6.67. The Kier molecular flexibility index (Phi) is 3.12. The van der Waals surface area contributed by atoms with E-state index in [1.807, 2.05) is 12.3 Å². The van der Waals surface area contributed by atoms with Gasteiger partial charge in [0, 0.05) is 18.4 Å². The van der Waals surface area contributed by atoms with Crippen LogP contribution in [0.1, 0.15) is 36.8 Å². The SMILES string of the molecule is N#Cc1cncc(C2=CCC[C@H]3CCCN[C@@H]23)c1. The Morgan fingerprint density at radius 2 is 2.28 bits per heavy atom. The molecular weight excluding hydrogens is 222 g/mol. The van der Waals surface area contributed by atoms with Crippen molar-refractivity contribution in [3.05, 3.63) is 35.7 Å². The zero-order chi connectivity index (χ0) is 12.4. The van der Waals surface area contributed by atoms with Crippen LogP contribution in [0.3, 0.4) is 0 Å². The summed E-state index contributed by atoms with van der Waals surface area (Å²) in [6.07, 6.45) is 10.9. The van der Waals surface area contributed by atoms with E-state index in [1.165, 1.54) is 24.8 Å². The number of hydrogen-bond donors (Lipinski definition) is 1. The van der Waals surface area contributed by atoms with Crippen LogP contribution in [-0.4, -0.2) is 17.6 Å². The molecule has 1 saturated heterocycles. The summed E-state index contributed by atoms with van der Waals surface area (Å²) < 4.78 is 0. The third-order valence-electron chi connectivity index (χ3n) is 4.02. The predicted molar refractivity (Wildman–Crippen MR) is 70.7 cm³/mol. The minimum atomic E-state index is 0.461. The van der Waals surface area contributed by atoms with Crippen LogP contribution < -0.4 is 5.32 Å². The van der Waals surface area contributed by atoms with Crippen molar-refractivity contribution in [1.82, 2.24) is 10.3 Å². The van der Waals surface area contributed by atoms with E-state index in [4.69, 9.17) is 5.26 Å². The number of nitriles is 1. The van der Waals surface area contributed by atoms with Crippen LogP contribution in [0.5, 0.6) is 0 Å². The molecule has 0 saturated carbocycles. The molecule has 1 aromatic heterocycles. The van der Waals surface area contributed by atoms with E-state index < -0.39 is 0 Å². The second-order valence-corrected chi connectivity index (χ2v) is 5.15. The highest BCUT2D eigenvalue weighted by Gasteiger charge is 2.30. The van der Waals surface area contributed by atoms with E-state index in [-0.39, 0.29) is 0 Å².